The molecule has 0 aromatic carbocycles. The standard InChI is InChI=1S/C16H28N2O/c19-16(6-5-13-7-9-17-11-13)18-10-8-14-3-1-2-4-15(14)12-18/h13-15,17H,1-12H2. The van der Waals surface area contributed by atoms with E-state index in [9.17, 15) is 4.79 Å². The molecule has 2 aliphatic heterocycles. The average Bonchev–Trinajstić information content (AvgIpc) is 2.97. The maximum absolute atomic E-state index is 12.3. The molecule has 0 spiro atoms. The lowest BCUT2D eigenvalue weighted by Crippen LogP contribution is -2.44. The Morgan fingerprint density at radius 2 is 1.95 bits per heavy atom. The van der Waals surface area contributed by atoms with Crippen molar-refractivity contribution in [2.45, 2.75) is 51.4 Å². The topological polar surface area (TPSA) is 32.3 Å². The van der Waals surface area contributed by atoms with Crippen molar-refractivity contribution in [3.8, 4) is 0 Å². The van der Waals surface area contributed by atoms with Crippen LogP contribution in [0.2, 0.25) is 0 Å². The van der Waals surface area contributed by atoms with Crippen LogP contribution in [0.25, 0.3) is 0 Å². The normalized spacial score (nSPS) is 35.2. The number of hydrogen-bond acceptors (Lipinski definition) is 2. The molecule has 3 unspecified atom stereocenters. The van der Waals surface area contributed by atoms with E-state index in [2.05, 4.69) is 10.2 Å². The minimum Gasteiger partial charge on any atom is -0.342 e. The maximum atomic E-state index is 12.3. The maximum Gasteiger partial charge on any atom is 0.222 e. The number of likely N-dealkylation sites (tertiary alicyclic amines) is 1. The average molecular weight is 264 g/mol. The fraction of sp³-hybridized carbons (Fsp3) is 0.938. The zero-order valence-corrected chi connectivity index (χ0v) is 12.1. The molecular formula is C16H28N2O. The number of piperidine rings is 1. The number of hydrogen-bond donors (Lipinski definition) is 1. The lowest BCUT2D eigenvalue weighted by atomic mass is 9.75. The first-order valence-electron chi connectivity index (χ1n) is 8.31. The van der Waals surface area contributed by atoms with Crippen LogP contribution in [-0.4, -0.2) is 37.0 Å². The molecule has 3 nitrogen and oxygen atoms in total. The van der Waals surface area contributed by atoms with Gasteiger partial charge < -0.3 is 10.2 Å². The fourth-order valence-corrected chi connectivity index (χ4v) is 4.27. The molecule has 1 aliphatic carbocycles. The minimum absolute atomic E-state index is 0.427. The van der Waals surface area contributed by atoms with Gasteiger partial charge in [-0.15, -0.1) is 0 Å². The number of carbonyl (C=O) groups is 1. The quantitative estimate of drug-likeness (QED) is 0.849. The Labute approximate surface area is 117 Å². The Kier molecular flexibility index (Phi) is 4.42. The van der Waals surface area contributed by atoms with E-state index in [1.165, 1.54) is 38.5 Å². The molecular weight excluding hydrogens is 236 g/mol. The van der Waals surface area contributed by atoms with Crippen LogP contribution in [0.5, 0.6) is 0 Å². The van der Waals surface area contributed by atoms with Crippen molar-refractivity contribution in [1.82, 2.24) is 10.2 Å². The molecule has 2 heterocycles. The van der Waals surface area contributed by atoms with Crippen LogP contribution in [0.1, 0.15) is 51.4 Å². The predicted molar refractivity (Wildman–Crippen MR) is 76.9 cm³/mol. The first-order chi connectivity index (χ1) is 9.33. The van der Waals surface area contributed by atoms with E-state index >= 15 is 0 Å². The summed E-state index contributed by atoms with van der Waals surface area (Å²) < 4.78 is 0. The molecule has 0 aromatic rings. The van der Waals surface area contributed by atoms with Crippen LogP contribution in [0.15, 0.2) is 0 Å². The van der Waals surface area contributed by atoms with Gasteiger partial charge in [0.25, 0.3) is 0 Å². The minimum atomic E-state index is 0.427. The molecule has 1 N–H and O–H groups in total. The fourth-order valence-electron chi connectivity index (χ4n) is 4.27. The van der Waals surface area contributed by atoms with Gasteiger partial charge in [-0.05, 0) is 56.5 Å². The molecule has 3 atom stereocenters. The third kappa shape index (κ3) is 3.31. The van der Waals surface area contributed by atoms with Crippen molar-refractivity contribution in [3.05, 3.63) is 0 Å². The number of rotatable bonds is 3. The molecule has 3 fully saturated rings. The predicted octanol–water partition coefficient (Wildman–Crippen LogP) is 2.41. The lowest BCUT2D eigenvalue weighted by molar-refractivity contribution is -0.134. The number of fused-ring (bicyclic) bond motifs is 1. The van der Waals surface area contributed by atoms with Gasteiger partial charge in [0.2, 0.25) is 5.91 Å². The second kappa shape index (κ2) is 6.25. The molecule has 0 aromatic heterocycles. The van der Waals surface area contributed by atoms with Crippen LogP contribution >= 0.6 is 0 Å². The van der Waals surface area contributed by atoms with E-state index in [4.69, 9.17) is 0 Å². The molecule has 3 rings (SSSR count). The number of amides is 1. The highest BCUT2D eigenvalue weighted by Gasteiger charge is 2.32. The van der Waals surface area contributed by atoms with Gasteiger partial charge in [0.15, 0.2) is 0 Å². The molecule has 0 radical (unpaired) electrons. The van der Waals surface area contributed by atoms with Gasteiger partial charge in [-0.25, -0.2) is 0 Å². The van der Waals surface area contributed by atoms with Gasteiger partial charge in [-0.1, -0.05) is 19.3 Å². The Bertz CT molecular complexity index is 312. The summed E-state index contributed by atoms with van der Waals surface area (Å²) in [7, 11) is 0. The van der Waals surface area contributed by atoms with Crippen molar-refractivity contribution in [3.63, 3.8) is 0 Å². The van der Waals surface area contributed by atoms with E-state index < -0.39 is 0 Å². The molecule has 1 saturated carbocycles. The number of nitrogens with zero attached hydrogens (tertiary/aromatic N) is 1. The summed E-state index contributed by atoms with van der Waals surface area (Å²) in [6.45, 7) is 4.36. The highest BCUT2D eigenvalue weighted by atomic mass is 16.2. The zero-order valence-electron chi connectivity index (χ0n) is 12.1. The summed E-state index contributed by atoms with van der Waals surface area (Å²) in [6.07, 6.45) is 9.99. The molecule has 3 aliphatic rings. The molecule has 3 heteroatoms. The van der Waals surface area contributed by atoms with E-state index in [1.54, 1.807) is 0 Å². The summed E-state index contributed by atoms with van der Waals surface area (Å²) in [5.41, 5.74) is 0. The Morgan fingerprint density at radius 3 is 2.74 bits per heavy atom. The highest BCUT2D eigenvalue weighted by Crippen LogP contribution is 2.36. The third-order valence-corrected chi connectivity index (χ3v) is 5.57. The molecule has 19 heavy (non-hydrogen) atoms. The largest absolute Gasteiger partial charge is 0.342 e. The van der Waals surface area contributed by atoms with E-state index in [0.29, 0.717) is 5.91 Å². The Hall–Kier alpha value is -0.570. The van der Waals surface area contributed by atoms with Crippen LogP contribution in [-0.2, 0) is 4.79 Å². The SMILES string of the molecule is O=C(CCC1CCNC1)N1CCC2CCCCC2C1. The molecule has 108 valence electrons. The van der Waals surface area contributed by atoms with Crippen molar-refractivity contribution in [2.24, 2.45) is 17.8 Å². The summed E-state index contributed by atoms with van der Waals surface area (Å²) in [4.78, 5) is 14.5. The molecule has 2 saturated heterocycles. The Morgan fingerprint density at radius 1 is 1.11 bits per heavy atom. The van der Waals surface area contributed by atoms with E-state index in [1.807, 2.05) is 0 Å². The zero-order chi connectivity index (χ0) is 13.1. The van der Waals surface area contributed by atoms with Gasteiger partial charge in [-0.2, -0.15) is 0 Å². The third-order valence-electron chi connectivity index (χ3n) is 5.57. The van der Waals surface area contributed by atoms with Crippen molar-refractivity contribution < 1.29 is 4.79 Å². The lowest BCUT2D eigenvalue weighted by Gasteiger charge is -2.41. The second-order valence-electron chi connectivity index (χ2n) is 6.83. The van der Waals surface area contributed by atoms with Crippen molar-refractivity contribution in [2.75, 3.05) is 26.2 Å². The van der Waals surface area contributed by atoms with Crippen LogP contribution in [0, 0.1) is 17.8 Å². The second-order valence-corrected chi connectivity index (χ2v) is 6.83. The van der Waals surface area contributed by atoms with Gasteiger partial charge >= 0.3 is 0 Å². The van der Waals surface area contributed by atoms with Crippen LogP contribution in [0.4, 0.5) is 0 Å². The van der Waals surface area contributed by atoms with Gasteiger partial charge in [0, 0.05) is 19.5 Å². The summed E-state index contributed by atoms with van der Waals surface area (Å²) in [5.74, 6) is 2.92. The number of nitrogens with one attached hydrogen (secondary N) is 1. The number of carbonyl (C=O) groups excluding carboxylic acids is 1. The van der Waals surface area contributed by atoms with Crippen molar-refractivity contribution in [1.29, 1.82) is 0 Å². The monoisotopic (exact) mass is 264 g/mol. The van der Waals surface area contributed by atoms with Gasteiger partial charge in [-0.3, -0.25) is 4.79 Å². The summed E-state index contributed by atoms with van der Waals surface area (Å²) in [5, 5.41) is 3.39. The first-order valence-corrected chi connectivity index (χ1v) is 8.31. The van der Waals surface area contributed by atoms with Crippen LogP contribution < -0.4 is 5.32 Å². The highest BCUT2D eigenvalue weighted by molar-refractivity contribution is 5.76. The van der Waals surface area contributed by atoms with Gasteiger partial charge in [0.05, 0.1) is 0 Å². The first kappa shape index (κ1) is 13.4. The Balaban J connectivity index is 1.44. The van der Waals surface area contributed by atoms with E-state index in [-0.39, 0.29) is 0 Å². The summed E-state index contributed by atoms with van der Waals surface area (Å²) in [6, 6.07) is 0. The van der Waals surface area contributed by atoms with Crippen molar-refractivity contribution >= 4 is 5.91 Å². The van der Waals surface area contributed by atoms with Crippen LogP contribution in [0.3, 0.4) is 0 Å². The van der Waals surface area contributed by atoms with Gasteiger partial charge in [0.1, 0.15) is 0 Å². The molecule has 1 amide bonds. The smallest absolute Gasteiger partial charge is 0.222 e. The molecule has 0 bridgehead atoms. The van der Waals surface area contributed by atoms with E-state index in [0.717, 1.165) is 56.8 Å². The summed E-state index contributed by atoms with van der Waals surface area (Å²) >= 11 is 0.